The van der Waals surface area contributed by atoms with Gasteiger partial charge in [0.05, 0.1) is 23.1 Å². The lowest BCUT2D eigenvalue weighted by Crippen LogP contribution is -1.88. The first-order chi connectivity index (χ1) is 11.4. The summed E-state index contributed by atoms with van der Waals surface area (Å²) in [6.07, 6.45) is 5.39. The molecule has 108 valence electrons. The summed E-state index contributed by atoms with van der Waals surface area (Å²) in [5.41, 5.74) is 4.18. The molecule has 5 aromatic rings. The molecular formula is C19H11N3O. The minimum Gasteiger partial charge on any atom is -0.456 e. The van der Waals surface area contributed by atoms with E-state index in [1.807, 2.05) is 54.7 Å². The number of aromatic nitrogens is 3. The molecule has 0 aliphatic heterocycles. The molecule has 0 atom stereocenters. The van der Waals surface area contributed by atoms with Crippen molar-refractivity contribution in [1.82, 2.24) is 15.0 Å². The third kappa shape index (κ3) is 1.89. The van der Waals surface area contributed by atoms with Crippen molar-refractivity contribution >= 4 is 32.8 Å². The fraction of sp³-hybridized carbons (Fsp3) is 0. The summed E-state index contributed by atoms with van der Waals surface area (Å²) in [7, 11) is 0. The van der Waals surface area contributed by atoms with Gasteiger partial charge in [-0.1, -0.05) is 24.3 Å². The van der Waals surface area contributed by atoms with E-state index >= 15 is 0 Å². The van der Waals surface area contributed by atoms with Crippen LogP contribution in [0.1, 0.15) is 0 Å². The largest absolute Gasteiger partial charge is 0.456 e. The highest BCUT2D eigenvalue weighted by atomic mass is 16.3. The highest BCUT2D eigenvalue weighted by Crippen LogP contribution is 2.30. The molecule has 0 fully saturated rings. The summed E-state index contributed by atoms with van der Waals surface area (Å²) in [4.78, 5) is 13.3. The summed E-state index contributed by atoms with van der Waals surface area (Å²) >= 11 is 0. The van der Waals surface area contributed by atoms with Gasteiger partial charge in [-0.2, -0.15) is 0 Å². The molecule has 0 aliphatic rings. The Morgan fingerprint density at radius 3 is 2.57 bits per heavy atom. The first-order valence-electron chi connectivity index (χ1n) is 7.37. The van der Waals surface area contributed by atoms with Gasteiger partial charge in [0.2, 0.25) is 0 Å². The Bertz CT molecular complexity index is 1180. The summed E-state index contributed by atoms with van der Waals surface area (Å²) in [5.74, 6) is 0. The summed E-state index contributed by atoms with van der Waals surface area (Å²) in [6.45, 7) is 0. The van der Waals surface area contributed by atoms with E-state index < -0.39 is 0 Å². The lowest BCUT2D eigenvalue weighted by Gasteiger charge is -2.02. The van der Waals surface area contributed by atoms with Crippen LogP contribution in [0.15, 0.2) is 71.5 Å². The molecule has 0 N–H and O–H groups in total. The van der Waals surface area contributed by atoms with Gasteiger partial charge in [0.25, 0.3) is 0 Å². The van der Waals surface area contributed by atoms with Crippen LogP contribution < -0.4 is 0 Å². The van der Waals surface area contributed by atoms with E-state index in [1.165, 1.54) is 0 Å². The summed E-state index contributed by atoms with van der Waals surface area (Å²) in [6, 6.07) is 15.9. The maximum absolute atomic E-state index is 5.92. The first-order valence-corrected chi connectivity index (χ1v) is 7.37. The quantitative estimate of drug-likeness (QED) is 0.454. The number of fused-ring (bicyclic) bond motifs is 4. The van der Waals surface area contributed by atoms with E-state index in [0.29, 0.717) is 0 Å². The molecule has 0 saturated carbocycles. The zero-order chi connectivity index (χ0) is 15.2. The van der Waals surface area contributed by atoms with E-state index in [1.54, 1.807) is 12.4 Å². The minimum atomic E-state index is 0.794. The molecule has 0 unspecified atom stereocenters. The second-order valence-corrected chi connectivity index (χ2v) is 5.43. The van der Waals surface area contributed by atoms with Gasteiger partial charge in [-0.25, -0.2) is 0 Å². The zero-order valence-corrected chi connectivity index (χ0v) is 12.1. The van der Waals surface area contributed by atoms with Crippen molar-refractivity contribution in [3.63, 3.8) is 0 Å². The highest BCUT2D eigenvalue weighted by molar-refractivity contribution is 6.05. The topological polar surface area (TPSA) is 51.8 Å². The van der Waals surface area contributed by atoms with Crippen LogP contribution in [-0.4, -0.2) is 15.0 Å². The molecular weight excluding hydrogens is 286 g/mol. The van der Waals surface area contributed by atoms with Crippen molar-refractivity contribution in [2.24, 2.45) is 0 Å². The van der Waals surface area contributed by atoms with Crippen LogP contribution in [0, 0.1) is 0 Å². The molecule has 23 heavy (non-hydrogen) atoms. The van der Waals surface area contributed by atoms with Crippen molar-refractivity contribution in [3.8, 4) is 11.4 Å². The van der Waals surface area contributed by atoms with Crippen molar-refractivity contribution in [3.05, 3.63) is 67.1 Å². The number of nitrogens with zero attached hydrogens (tertiary/aromatic N) is 3. The molecule has 0 saturated heterocycles. The monoisotopic (exact) mass is 297 g/mol. The second kappa shape index (κ2) is 4.61. The highest BCUT2D eigenvalue weighted by Gasteiger charge is 2.10. The number of hydrogen-bond donors (Lipinski definition) is 0. The van der Waals surface area contributed by atoms with Gasteiger partial charge in [-0.3, -0.25) is 15.0 Å². The fourth-order valence-corrected chi connectivity index (χ4v) is 2.88. The zero-order valence-electron chi connectivity index (χ0n) is 12.1. The third-order valence-corrected chi connectivity index (χ3v) is 4.01. The molecule has 4 heterocycles. The van der Waals surface area contributed by atoms with E-state index in [-0.39, 0.29) is 0 Å². The molecule has 0 spiro atoms. The smallest absolute Gasteiger partial charge is 0.139 e. The van der Waals surface area contributed by atoms with Gasteiger partial charge in [0, 0.05) is 34.6 Å². The Kier molecular flexibility index (Phi) is 2.46. The maximum atomic E-state index is 5.92. The summed E-state index contributed by atoms with van der Waals surface area (Å²) in [5, 5.41) is 3.15. The van der Waals surface area contributed by atoms with E-state index in [2.05, 4.69) is 15.0 Å². The third-order valence-electron chi connectivity index (χ3n) is 4.01. The van der Waals surface area contributed by atoms with Crippen LogP contribution in [-0.2, 0) is 0 Å². The standard InChI is InChI=1S/C19H11N3O/c1-2-6-18-13(5-1)14-10-21-16(9-19(14)23-18)15-8-12-4-3-7-20-17(12)11-22-15/h1-11H. The number of rotatable bonds is 1. The van der Waals surface area contributed by atoms with Crippen molar-refractivity contribution in [1.29, 1.82) is 0 Å². The molecule has 4 nitrogen and oxygen atoms in total. The lowest BCUT2D eigenvalue weighted by atomic mass is 10.1. The van der Waals surface area contributed by atoms with E-state index in [9.17, 15) is 0 Å². The molecule has 0 radical (unpaired) electrons. The van der Waals surface area contributed by atoms with Gasteiger partial charge >= 0.3 is 0 Å². The number of furan rings is 1. The Morgan fingerprint density at radius 2 is 1.57 bits per heavy atom. The lowest BCUT2D eigenvalue weighted by molar-refractivity contribution is 0.668. The average molecular weight is 297 g/mol. The number of benzene rings is 1. The first kappa shape index (κ1) is 12.3. The van der Waals surface area contributed by atoms with Gasteiger partial charge in [0.15, 0.2) is 0 Å². The van der Waals surface area contributed by atoms with Crippen LogP contribution >= 0.6 is 0 Å². The van der Waals surface area contributed by atoms with Crippen molar-refractivity contribution in [2.45, 2.75) is 0 Å². The number of hydrogen-bond acceptors (Lipinski definition) is 4. The Morgan fingerprint density at radius 1 is 0.696 bits per heavy atom. The predicted molar refractivity (Wildman–Crippen MR) is 90.0 cm³/mol. The van der Waals surface area contributed by atoms with E-state index in [0.717, 1.165) is 44.2 Å². The van der Waals surface area contributed by atoms with Gasteiger partial charge < -0.3 is 4.42 Å². The predicted octanol–water partition coefficient (Wildman–Crippen LogP) is 4.59. The Hall–Kier alpha value is -3.27. The average Bonchev–Trinajstić information content (AvgIpc) is 2.99. The minimum absolute atomic E-state index is 0.794. The van der Waals surface area contributed by atoms with Gasteiger partial charge in [-0.05, 0) is 18.2 Å². The maximum Gasteiger partial charge on any atom is 0.139 e. The molecule has 4 heteroatoms. The SMILES string of the molecule is c1cnc2cnc(-c3cc4oc5ccccc5c4cn3)cc2c1. The fourth-order valence-electron chi connectivity index (χ4n) is 2.88. The van der Waals surface area contributed by atoms with Crippen LogP contribution in [0.2, 0.25) is 0 Å². The number of para-hydroxylation sites is 1. The van der Waals surface area contributed by atoms with Gasteiger partial charge in [-0.15, -0.1) is 0 Å². The van der Waals surface area contributed by atoms with Gasteiger partial charge in [0.1, 0.15) is 11.2 Å². The van der Waals surface area contributed by atoms with Crippen LogP contribution in [0.5, 0.6) is 0 Å². The molecule has 0 aliphatic carbocycles. The van der Waals surface area contributed by atoms with Crippen LogP contribution in [0.25, 0.3) is 44.2 Å². The Labute approximate surface area is 131 Å². The molecule has 0 bridgehead atoms. The van der Waals surface area contributed by atoms with Crippen LogP contribution in [0.4, 0.5) is 0 Å². The van der Waals surface area contributed by atoms with Crippen molar-refractivity contribution in [2.75, 3.05) is 0 Å². The molecule has 1 aromatic carbocycles. The molecule has 0 amide bonds. The second-order valence-electron chi connectivity index (χ2n) is 5.43. The van der Waals surface area contributed by atoms with Crippen molar-refractivity contribution < 1.29 is 4.42 Å². The molecule has 5 rings (SSSR count). The van der Waals surface area contributed by atoms with Crippen LogP contribution in [0.3, 0.4) is 0 Å². The summed E-state index contributed by atoms with van der Waals surface area (Å²) < 4.78 is 5.92. The van der Waals surface area contributed by atoms with E-state index in [4.69, 9.17) is 4.42 Å². The number of pyridine rings is 3. The normalized spacial score (nSPS) is 11.5. The molecule has 4 aromatic heterocycles. The Balaban J connectivity index is 1.73.